The number of rotatable bonds is 5. The van der Waals surface area contributed by atoms with Gasteiger partial charge in [0, 0.05) is 46.8 Å². The summed E-state index contributed by atoms with van der Waals surface area (Å²) < 4.78 is 11.0. The van der Waals surface area contributed by atoms with Crippen LogP contribution in [0.1, 0.15) is 42.4 Å². The van der Waals surface area contributed by atoms with Gasteiger partial charge in [-0.05, 0) is 30.2 Å². The van der Waals surface area contributed by atoms with Gasteiger partial charge >= 0.3 is 0 Å². The van der Waals surface area contributed by atoms with Gasteiger partial charge in [0.25, 0.3) is 0 Å². The van der Waals surface area contributed by atoms with E-state index in [1.165, 1.54) is 0 Å². The molecule has 0 saturated carbocycles. The predicted octanol–water partition coefficient (Wildman–Crippen LogP) is 4.49. The first-order valence-electron chi connectivity index (χ1n) is 9.03. The molecule has 1 aliphatic heterocycles. The van der Waals surface area contributed by atoms with Gasteiger partial charge in [0.05, 0.1) is 14.2 Å². The summed E-state index contributed by atoms with van der Waals surface area (Å²) in [6, 6.07) is 7.27. The van der Waals surface area contributed by atoms with Crippen LogP contribution >= 0.6 is 11.6 Å². The molecule has 0 aromatic heterocycles. The molecule has 2 aromatic rings. The topological polar surface area (TPSA) is 76.7 Å². The second-order valence-corrected chi connectivity index (χ2v) is 7.13. The Labute approximate surface area is 169 Å². The average Bonchev–Trinajstić information content (AvgIpc) is 2.67. The van der Waals surface area contributed by atoms with Crippen molar-refractivity contribution in [2.45, 2.75) is 32.6 Å². The molecule has 0 fully saturated rings. The summed E-state index contributed by atoms with van der Waals surface area (Å²) in [5, 5.41) is 6.28. The Hall–Kier alpha value is -2.73. The number of methoxy groups -OCH3 is 2. The minimum atomic E-state index is -0.249. The van der Waals surface area contributed by atoms with Crippen molar-refractivity contribution in [3.63, 3.8) is 0 Å². The zero-order valence-electron chi connectivity index (χ0n) is 16.3. The number of carbonyl (C=O) groups is 2. The van der Waals surface area contributed by atoms with Crippen molar-refractivity contribution in [3.05, 3.63) is 46.0 Å². The standard InChI is InChI=1S/C21H23ClN2O4/c1-5-19(25)23-16-10-17-14(6-11(16)2)13(9-20(26)24-17)15-7-12(22)8-18(27-3)21(15)28-4/h6-8,10,13H,5,9H2,1-4H3,(H,23,25)(H,24,26). The van der Waals surface area contributed by atoms with Gasteiger partial charge in [-0.3, -0.25) is 9.59 Å². The number of benzene rings is 2. The average molecular weight is 403 g/mol. The molecule has 2 amide bonds. The molecule has 1 unspecified atom stereocenters. The van der Waals surface area contributed by atoms with E-state index in [1.54, 1.807) is 39.3 Å². The Morgan fingerprint density at radius 2 is 1.96 bits per heavy atom. The molecular weight excluding hydrogens is 380 g/mol. The molecule has 1 aliphatic rings. The molecule has 3 rings (SSSR count). The van der Waals surface area contributed by atoms with Gasteiger partial charge in [-0.25, -0.2) is 0 Å². The fraction of sp³-hybridized carbons (Fsp3) is 0.333. The van der Waals surface area contributed by atoms with Crippen molar-refractivity contribution in [1.82, 2.24) is 0 Å². The lowest BCUT2D eigenvalue weighted by Gasteiger charge is -2.29. The number of carbonyl (C=O) groups excluding carboxylic acids is 2. The zero-order chi connectivity index (χ0) is 20.4. The molecule has 1 heterocycles. The van der Waals surface area contributed by atoms with E-state index in [2.05, 4.69) is 10.6 Å². The Bertz CT molecular complexity index is 942. The molecule has 6 nitrogen and oxygen atoms in total. The van der Waals surface area contributed by atoms with Crippen LogP contribution in [-0.2, 0) is 9.59 Å². The maximum atomic E-state index is 12.4. The number of aryl methyl sites for hydroxylation is 1. The van der Waals surface area contributed by atoms with E-state index in [4.69, 9.17) is 21.1 Å². The highest BCUT2D eigenvalue weighted by molar-refractivity contribution is 6.30. The van der Waals surface area contributed by atoms with Crippen LogP contribution in [0.2, 0.25) is 5.02 Å². The van der Waals surface area contributed by atoms with Gasteiger partial charge in [0.2, 0.25) is 11.8 Å². The lowest BCUT2D eigenvalue weighted by atomic mass is 9.83. The first kappa shape index (κ1) is 20.0. The lowest BCUT2D eigenvalue weighted by Crippen LogP contribution is -2.24. The number of anilines is 2. The maximum Gasteiger partial charge on any atom is 0.225 e. The predicted molar refractivity (Wildman–Crippen MR) is 110 cm³/mol. The van der Waals surface area contributed by atoms with Crippen LogP contribution in [-0.4, -0.2) is 26.0 Å². The van der Waals surface area contributed by atoms with Gasteiger partial charge in [-0.15, -0.1) is 0 Å². The van der Waals surface area contributed by atoms with Crippen molar-refractivity contribution in [2.75, 3.05) is 24.9 Å². The zero-order valence-corrected chi connectivity index (χ0v) is 17.1. The van der Waals surface area contributed by atoms with Crippen LogP contribution in [0.15, 0.2) is 24.3 Å². The monoisotopic (exact) mass is 402 g/mol. The van der Waals surface area contributed by atoms with E-state index >= 15 is 0 Å². The lowest BCUT2D eigenvalue weighted by molar-refractivity contribution is -0.117. The Morgan fingerprint density at radius 1 is 1.21 bits per heavy atom. The summed E-state index contributed by atoms with van der Waals surface area (Å²) >= 11 is 6.29. The normalized spacial score (nSPS) is 15.5. The summed E-state index contributed by atoms with van der Waals surface area (Å²) in [5.41, 5.74) is 3.98. The Kier molecular flexibility index (Phi) is 5.79. The van der Waals surface area contributed by atoms with Crippen LogP contribution in [0, 0.1) is 6.92 Å². The van der Waals surface area contributed by atoms with Crippen LogP contribution in [0.3, 0.4) is 0 Å². The van der Waals surface area contributed by atoms with E-state index in [0.29, 0.717) is 34.3 Å². The van der Waals surface area contributed by atoms with Crippen LogP contribution in [0.5, 0.6) is 11.5 Å². The third kappa shape index (κ3) is 3.78. The molecule has 148 valence electrons. The van der Waals surface area contributed by atoms with Gasteiger partial charge in [-0.2, -0.15) is 0 Å². The van der Waals surface area contributed by atoms with Crippen molar-refractivity contribution in [1.29, 1.82) is 0 Å². The number of halogens is 1. The van der Waals surface area contributed by atoms with Crippen LogP contribution in [0.25, 0.3) is 0 Å². The fourth-order valence-corrected chi connectivity index (χ4v) is 3.71. The molecule has 0 bridgehead atoms. The number of hydrogen-bond donors (Lipinski definition) is 2. The first-order valence-corrected chi connectivity index (χ1v) is 9.41. The summed E-state index contributed by atoms with van der Waals surface area (Å²) in [6.45, 7) is 3.72. The molecule has 2 aromatic carbocycles. The molecule has 0 aliphatic carbocycles. The smallest absolute Gasteiger partial charge is 0.225 e. The molecule has 0 spiro atoms. The molecule has 0 radical (unpaired) electrons. The highest BCUT2D eigenvalue weighted by Gasteiger charge is 2.31. The minimum Gasteiger partial charge on any atom is -0.493 e. The SMILES string of the molecule is CCC(=O)Nc1cc2c(cc1C)C(c1cc(Cl)cc(OC)c1OC)CC(=O)N2. The van der Waals surface area contributed by atoms with Crippen molar-refractivity contribution < 1.29 is 19.1 Å². The number of fused-ring (bicyclic) bond motifs is 1. The molecule has 28 heavy (non-hydrogen) atoms. The quantitative estimate of drug-likeness (QED) is 0.772. The maximum absolute atomic E-state index is 12.4. The summed E-state index contributed by atoms with van der Waals surface area (Å²) in [5.74, 6) is 0.624. The number of hydrogen-bond acceptors (Lipinski definition) is 4. The second kappa shape index (κ2) is 8.10. The minimum absolute atomic E-state index is 0.0806. The molecule has 2 N–H and O–H groups in total. The van der Waals surface area contributed by atoms with E-state index < -0.39 is 0 Å². The second-order valence-electron chi connectivity index (χ2n) is 6.69. The Balaban J connectivity index is 2.14. The summed E-state index contributed by atoms with van der Waals surface area (Å²) in [6.07, 6.45) is 0.637. The summed E-state index contributed by atoms with van der Waals surface area (Å²) in [4.78, 5) is 24.2. The van der Waals surface area contributed by atoms with E-state index in [0.717, 1.165) is 16.7 Å². The molecule has 1 atom stereocenters. The van der Waals surface area contributed by atoms with Crippen LogP contribution in [0.4, 0.5) is 11.4 Å². The van der Waals surface area contributed by atoms with E-state index in [-0.39, 0.29) is 24.2 Å². The van der Waals surface area contributed by atoms with Gasteiger partial charge in [-0.1, -0.05) is 24.6 Å². The van der Waals surface area contributed by atoms with Crippen molar-refractivity contribution in [3.8, 4) is 11.5 Å². The highest BCUT2D eigenvalue weighted by atomic mass is 35.5. The van der Waals surface area contributed by atoms with Crippen LogP contribution < -0.4 is 20.1 Å². The van der Waals surface area contributed by atoms with Crippen molar-refractivity contribution in [2.24, 2.45) is 0 Å². The summed E-state index contributed by atoms with van der Waals surface area (Å²) in [7, 11) is 3.11. The molecule has 7 heteroatoms. The van der Waals surface area contributed by atoms with Gasteiger partial charge in [0.1, 0.15) is 0 Å². The third-order valence-electron chi connectivity index (χ3n) is 4.88. The fourth-order valence-electron chi connectivity index (χ4n) is 3.49. The number of nitrogens with one attached hydrogen (secondary N) is 2. The van der Waals surface area contributed by atoms with Gasteiger partial charge < -0.3 is 20.1 Å². The largest absolute Gasteiger partial charge is 0.493 e. The molecule has 0 saturated heterocycles. The van der Waals surface area contributed by atoms with Gasteiger partial charge in [0.15, 0.2) is 11.5 Å². The number of amides is 2. The Morgan fingerprint density at radius 3 is 2.61 bits per heavy atom. The van der Waals surface area contributed by atoms with E-state index in [9.17, 15) is 9.59 Å². The van der Waals surface area contributed by atoms with Crippen molar-refractivity contribution >= 4 is 34.8 Å². The third-order valence-corrected chi connectivity index (χ3v) is 5.10. The first-order chi connectivity index (χ1) is 13.4. The number of ether oxygens (including phenoxy) is 2. The highest BCUT2D eigenvalue weighted by Crippen LogP contribution is 2.46. The molecular formula is C21H23ClN2O4. The van der Waals surface area contributed by atoms with E-state index in [1.807, 2.05) is 13.0 Å².